The fourth-order valence-corrected chi connectivity index (χ4v) is 3.18. The molecule has 0 fully saturated rings. The monoisotopic (exact) mass is 357 g/mol. The third kappa shape index (κ3) is 3.06. The van der Waals surface area contributed by atoms with E-state index >= 15 is 0 Å². The maximum absolute atomic E-state index is 10.9. The highest BCUT2D eigenvalue weighted by Crippen LogP contribution is 2.31. The summed E-state index contributed by atoms with van der Waals surface area (Å²) in [5.74, 6) is -0.426. The van der Waals surface area contributed by atoms with Gasteiger partial charge in [0.05, 0.1) is 20.7 Å². The molecule has 0 bridgehead atoms. The summed E-state index contributed by atoms with van der Waals surface area (Å²) in [7, 11) is 0. The van der Waals surface area contributed by atoms with Gasteiger partial charge >= 0.3 is 5.69 Å². The Morgan fingerprint density at radius 3 is 2.88 bits per heavy atom. The van der Waals surface area contributed by atoms with E-state index in [0.717, 1.165) is 4.70 Å². The van der Waals surface area contributed by atoms with Crippen molar-refractivity contribution in [3.05, 3.63) is 62.1 Å². The van der Waals surface area contributed by atoms with Crippen molar-refractivity contribution in [2.24, 2.45) is 0 Å². The standard InChI is InChI=1S/C16H8ClN3O3S/c17-11-2-4-15-12(7-11)19-16(24-15)10(8-18)5-9-1-3-14(21)13(6-9)20(22)23/h1-7,21H. The number of fused-ring (bicyclic) bond motifs is 1. The molecule has 0 aliphatic heterocycles. The summed E-state index contributed by atoms with van der Waals surface area (Å²) in [5, 5.41) is 30.8. The lowest BCUT2D eigenvalue weighted by Crippen LogP contribution is -1.89. The predicted octanol–water partition coefficient (Wildman–Crippen LogP) is 4.63. The van der Waals surface area contributed by atoms with E-state index in [2.05, 4.69) is 4.98 Å². The van der Waals surface area contributed by atoms with E-state index in [1.165, 1.54) is 35.6 Å². The number of halogens is 1. The van der Waals surface area contributed by atoms with Crippen LogP contribution in [0.5, 0.6) is 5.75 Å². The van der Waals surface area contributed by atoms with Gasteiger partial charge in [0.1, 0.15) is 11.1 Å². The summed E-state index contributed by atoms with van der Waals surface area (Å²) in [6.45, 7) is 0. The average molecular weight is 358 g/mol. The van der Waals surface area contributed by atoms with Crippen molar-refractivity contribution in [3.63, 3.8) is 0 Å². The Hall–Kier alpha value is -2.95. The number of benzene rings is 2. The van der Waals surface area contributed by atoms with Crippen molar-refractivity contribution in [3.8, 4) is 11.8 Å². The number of allylic oxidation sites excluding steroid dienone is 1. The number of aromatic hydroxyl groups is 1. The number of nitriles is 1. The largest absolute Gasteiger partial charge is 0.502 e. The minimum atomic E-state index is -0.682. The molecule has 0 aliphatic carbocycles. The molecule has 0 atom stereocenters. The number of phenols is 1. The van der Waals surface area contributed by atoms with E-state index in [0.29, 0.717) is 21.1 Å². The van der Waals surface area contributed by atoms with Crippen molar-refractivity contribution >= 4 is 50.5 Å². The molecule has 3 rings (SSSR count). The maximum atomic E-state index is 10.9. The number of hydrogen-bond acceptors (Lipinski definition) is 6. The van der Waals surface area contributed by atoms with Crippen LogP contribution in [0.25, 0.3) is 21.9 Å². The molecular formula is C16H8ClN3O3S. The highest BCUT2D eigenvalue weighted by molar-refractivity contribution is 7.19. The van der Waals surface area contributed by atoms with E-state index < -0.39 is 16.4 Å². The van der Waals surface area contributed by atoms with Gasteiger partial charge in [0.15, 0.2) is 5.75 Å². The fourth-order valence-electron chi connectivity index (χ4n) is 2.10. The lowest BCUT2D eigenvalue weighted by atomic mass is 10.1. The van der Waals surface area contributed by atoms with Gasteiger partial charge in [-0.2, -0.15) is 5.26 Å². The lowest BCUT2D eigenvalue weighted by molar-refractivity contribution is -0.385. The smallest absolute Gasteiger partial charge is 0.311 e. The topological polar surface area (TPSA) is 100 Å². The number of nitro benzene ring substituents is 1. The molecule has 0 saturated carbocycles. The molecule has 6 nitrogen and oxygen atoms in total. The molecule has 0 radical (unpaired) electrons. The summed E-state index contributed by atoms with van der Waals surface area (Å²) in [6, 6.07) is 11.2. The Labute approximate surface area is 145 Å². The molecule has 118 valence electrons. The second-order valence-corrected chi connectivity index (χ2v) is 6.27. The van der Waals surface area contributed by atoms with Gasteiger partial charge in [-0.05, 0) is 35.9 Å². The quantitative estimate of drug-likeness (QED) is 0.418. The van der Waals surface area contributed by atoms with Gasteiger partial charge in [-0.3, -0.25) is 10.1 Å². The van der Waals surface area contributed by atoms with Crippen molar-refractivity contribution in [2.45, 2.75) is 0 Å². The molecule has 8 heteroatoms. The zero-order valence-electron chi connectivity index (χ0n) is 11.9. The third-order valence-corrected chi connectivity index (χ3v) is 4.51. The van der Waals surface area contributed by atoms with Gasteiger partial charge in [0.25, 0.3) is 0 Å². The molecule has 0 unspecified atom stereocenters. The Morgan fingerprint density at radius 1 is 1.38 bits per heavy atom. The molecule has 0 spiro atoms. The van der Waals surface area contributed by atoms with Gasteiger partial charge < -0.3 is 5.11 Å². The SMILES string of the molecule is N#CC(=Cc1ccc(O)c([N+](=O)[O-])c1)c1nc2cc(Cl)ccc2s1. The lowest BCUT2D eigenvalue weighted by Gasteiger charge is -1.98. The summed E-state index contributed by atoms with van der Waals surface area (Å²) in [4.78, 5) is 14.6. The van der Waals surface area contributed by atoms with Gasteiger partial charge in [-0.1, -0.05) is 17.7 Å². The van der Waals surface area contributed by atoms with Crippen molar-refractivity contribution < 1.29 is 10.0 Å². The predicted molar refractivity (Wildman–Crippen MR) is 92.9 cm³/mol. The first-order chi connectivity index (χ1) is 11.5. The van der Waals surface area contributed by atoms with Crippen LogP contribution in [-0.4, -0.2) is 15.0 Å². The zero-order chi connectivity index (χ0) is 17.3. The first-order valence-corrected chi connectivity index (χ1v) is 7.83. The van der Waals surface area contributed by atoms with Crippen LogP contribution in [0.4, 0.5) is 5.69 Å². The first kappa shape index (κ1) is 15.9. The zero-order valence-corrected chi connectivity index (χ0v) is 13.5. The summed E-state index contributed by atoms with van der Waals surface area (Å²) in [5.41, 5.74) is 0.957. The number of rotatable bonds is 3. The molecule has 1 N–H and O–H groups in total. The van der Waals surface area contributed by atoms with Crippen molar-refractivity contribution in [2.75, 3.05) is 0 Å². The normalized spacial score (nSPS) is 11.4. The van der Waals surface area contributed by atoms with Crippen LogP contribution < -0.4 is 0 Å². The van der Waals surface area contributed by atoms with E-state index in [1.807, 2.05) is 12.1 Å². The molecule has 1 aromatic heterocycles. The Kier molecular flexibility index (Phi) is 4.16. The molecule has 0 aliphatic rings. The van der Waals surface area contributed by atoms with Gasteiger partial charge in [-0.15, -0.1) is 11.3 Å². The van der Waals surface area contributed by atoms with Gasteiger partial charge in [0, 0.05) is 11.1 Å². The van der Waals surface area contributed by atoms with E-state index in [4.69, 9.17) is 11.6 Å². The second kappa shape index (κ2) is 6.28. The molecular weight excluding hydrogens is 350 g/mol. The minimum absolute atomic E-state index is 0.271. The first-order valence-electron chi connectivity index (χ1n) is 6.63. The van der Waals surface area contributed by atoms with Gasteiger partial charge in [-0.25, -0.2) is 4.98 Å². The Balaban J connectivity index is 2.07. The third-order valence-electron chi connectivity index (χ3n) is 3.21. The van der Waals surface area contributed by atoms with Crippen LogP contribution >= 0.6 is 22.9 Å². The molecule has 2 aromatic carbocycles. The Bertz CT molecular complexity index is 1040. The second-order valence-electron chi connectivity index (χ2n) is 4.81. The summed E-state index contributed by atoms with van der Waals surface area (Å²) >= 11 is 7.26. The van der Waals surface area contributed by atoms with E-state index in [1.54, 1.807) is 12.1 Å². The molecule has 3 aromatic rings. The summed E-state index contributed by atoms with van der Waals surface area (Å²) < 4.78 is 0.882. The Morgan fingerprint density at radius 2 is 2.17 bits per heavy atom. The minimum Gasteiger partial charge on any atom is -0.502 e. The number of thiazole rings is 1. The van der Waals surface area contributed by atoms with Crippen LogP contribution in [0, 0.1) is 21.4 Å². The molecule has 1 heterocycles. The van der Waals surface area contributed by atoms with E-state index in [-0.39, 0.29) is 5.57 Å². The molecule has 0 saturated heterocycles. The number of nitro groups is 1. The number of nitrogens with zero attached hydrogens (tertiary/aromatic N) is 3. The number of aromatic nitrogens is 1. The maximum Gasteiger partial charge on any atom is 0.311 e. The van der Waals surface area contributed by atoms with Crippen molar-refractivity contribution in [1.29, 1.82) is 5.26 Å². The molecule has 24 heavy (non-hydrogen) atoms. The van der Waals surface area contributed by atoms with Crippen LogP contribution in [0.1, 0.15) is 10.6 Å². The molecule has 0 amide bonds. The average Bonchev–Trinajstić information content (AvgIpc) is 2.96. The van der Waals surface area contributed by atoms with Crippen LogP contribution in [0.3, 0.4) is 0 Å². The fraction of sp³-hybridized carbons (Fsp3) is 0. The van der Waals surface area contributed by atoms with E-state index in [9.17, 15) is 20.5 Å². The van der Waals surface area contributed by atoms with Crippen LogP contribution in [0.15, 0.2) is 36.4 Å². The van der Waals surface area contributed by atoms with Crippen molar-refractivity contribution in [1.82, 2.24) is 4.98 Å². The van der Waals surface area contributed by atoms with Crippen LogP contribution in [-0.2, 0) is 0 Å². The highest BCUT2D eigenvalue weighted by atomic mass is 35.5. The van der Waals surface area contributed by atoms with Gasteiger partial charge in [0.2, 0.25) is 0 Å². The van der Waals surface area contributed by atoms with Crippen LogP contribution in [0.2, 0.25) is 5.02 Å². The highest BCUT2D eigenvalue weighted by Gasteiger charge is 2.14. The number of phenolic OH excluding ortho intramolecular Hbond substituents is 1. The summed E-state index contributed by atoms with van der Waals surface area (Å²) in [6.07, 6.45) is 1.49. The number of hydrogen-bond donors (Lipinski definition) is 1.